The molecule has 1 aromatic rings. The highest BCUT2D eigenvalue weighted by atomic mass is 32.2. The minimum Gasteiger partial charge on any atom is -0.298 e. The second-order valence-electron chi connectivity index (χ2n) is 3.36. The average molecular weight is 213 g/mol. The van der Waals surface area contributed by atoms with Crippen molar-refractivity contribution in [1.82, 2.24) is 14.8 Å². The summed E-state index contributed by atoms with van der Waals surface area (Å²) in [5.74, 6) is 1.51. The van der Waals surface area contributed by atoms with Crippen LogP contribution in [0.3, 0.4) is 0 Å². The third-order valence-corrected chi connectivity index (χ3v) is 2.41. The van der Waals surface area contributed by atoms with Gasteiger partial charge in [0.1, 0.15) is 17.9 Å². The van der Waals surface area contributed by atoms with Gasteiger partial charge in [0.15, 0.2) is 0 Å². The van der Waals surface area contributed by atoms with Crippen LogP contribution in [0.1, 0.15) is 25.7 Å². The van der Waals surface area contributed by atoms with Crippen molar-refractivity contribution in [3.63, 3.8) is 0 Å². The maximum absolute atomic E-state index is 11.4. The van der Waals surface area contributed by atoms with Crippen LogP contribution in [0.25, 0.3) is 0 Å². The number of Topliss-reactive ketones (excluding diaryl/α,β-unsaturated/α-hetero) is 1. The van der Waals surface area contributed by atoms with Gasteiger partial charge in [-0.1, -0.05) is 0 Å². The first-order valence-corrected chi connectivity index (χ1v) is 5.93. The lowest BCUT2D eigenvalue weighted by molar-refractivity contribution is -0.116. The predicted octanol–water partition coefficient (Wildman–Crippen LogP) is 1.33. The summed E-state index contributed by atoms with van der Waals surface area (Å²) in [5, 5.41) is 4.08. The van der Waals surface area contributed by atoms with E-state index in [0.717, 1.165) is 5.82 Å². The Morgan fingerprint density at radius 2 is 2.36 bits per heavy atom. The molecule has 0 atom stereocenters. The first-order chi connectivity index (χ1) is 6.65. The van der Waals surface area contributed by atoms with Crippen LogP contribution in [0.15, 0.2) is 6.33 Å². The zero-order valence-electron chi connectivity index (χ0n) is 8.73. The van der Waals surface area contributed by atoms with E-state index >= 15 is 0 Å². The molecule has 0 bridgehead atoms. The first-order valence-electron chi connectivity index (χ1n) is 4.54. The lowest BCUT2D eigenvalue weighted by Crippen LogP contribution is -2.14. The fourth-order valence-electron chi connectivity index (χ4n) is 1.22. The summed E-state index contributed by atoms with van der Waals surface area (Å²) in [6.45, 7) is 4.05. The van der Waals surface area contributed by atoms with Crippen LogP contribution in [0.4, 0.5) is 0 Å². The highest BCUT2D eigenvalue weighted by Gasteiger charge is 2.11. The molecule has 1 rings (SSSR count). The Kier molecular flexibility index (Phi) is 4.13. The molecule has 1 heterocycles. The molecule has 0 aliphatic heterocycles. The zero-order chi connectivity index (χ0) is 10.6. The van der Waals surface area contributed by atoms with Crippen LogP contribution in [-0.2, 0) is 11.2 Å². The van der Waals surface area contributed by atoms with E-state index in [9.17, 15) is 4.79 Å². The molecular formula is C9H15N3OS. The minimum atomic E-state index is 0.201. The number of carbonyl (C=O) groups is 1. The molecule has 0 spiro atoms. The SMILES string of the molecule is CSCC(=O)Cc1ncnn1C(C)C. The standard InChI is InChI=1S/C9H15N3OS/c1-7(2)12-9(10-6-11-12)4-8(13)5-14-3/h6-7H,4-5H2,1-3H3. The van der Waals surface area contributed by atoms with Crippen LogP contribution < -0.4 is 0 Å². The van der Waals surface area contributed by atoms with Crippen molar-refractivity contribution < 1.29 is 4.79 Å². The van der Waals surface area contributed by atoms with E-state index < -0.39 is 0 Å². The Morgan fingerprint density at radius 1 is 1.64 bits per heavy atom. The van der Waals surface area contributed by atoms with Crippen molar-refractivity contribution in [2.75, 3.05) is 12.0 Å². The summed E-state index contributed by atoms with van der Waals surface area (Å²) in [5.41, 5.74) is 0. The van der Waals surface area contributed by atoms with Crippen molar-refractivity contribution in [2.24, 2.45) is 0 Å². The van der Waals surface area contributed by atoms with Gasteiger partial charge in [0, 0.05) is 6.04 Å². The van der Waals surface area contributed by atoms with Gasteiger partial charge in [0.25, 0.3) is 0 Å². The quantitative estimate of drug-likeness (QED) is 0.740. The number of aromatic nitrogens is 3. The van der Waals surface area contributed by atoms with Gasteiger partial charge in [-0.2, -0.15) is 16.9 Å². The molecule has 0 saturated heterocycles. The molecule has 78 valence electrons. The van der Waals surface area contributed by atoms with Gasteiger partial charge < -0.3 is 0 Å². The minimum absolute atomic E-state index is 0.201. The van der Waals surface area contributed by atoms with Crippen molar-refractivity contribution in [1.29, 1.82) is 0 Å². The number of ketones is 1. The molecule has 0 aromatic carbocycles. The Labute approximate surface area is 88.1 Å². The second-order valence-corrected chi connectivity index (χ2v) is 4.23. The number of carbonyl (C=O) groups excluding carboxylic acids is 1. The van der Waals surface area contributed by atoms with Crippen LogP contribution in [-0.4, -0.2) is 32.6 Å². The fraction of sp³-hybridized carbons (Fsp3) is 0.667. The van der Waals surface area contributed by atoms with E-state index in [1.54, 1.807) is 4.68 Å². The van der Waals surface area contributed by atoms with E-state index in [1.807, 2.05) is 20.1 Å². The second kappa shape index (κ2) is 5.14. The molecule has 0 saturated carbocycles. The van der Waals surface area contributed by atoms with Crippen molar-refractivity contribution in [2.45, 2.75) is 26.3 Å². The highest BCUT2D eigenvalue weighted by molar-refractivity contribution is 7.99. The molecule has 5 heteroatoms. The van der Waals surface area contributed by atoms with E-state index in [-0.39, 0.29) is 11.8 Å². The molecule has 4 nitrogen and oxygen atoms in total. The summed E-state index contributed by atoms with van der Waals surface area (Å²) in [6.07, 6.45) is 3.81. The summed E-state index contributed by atoms with van der Waals surface area (Å²) in [7, 11) is 0. The van der Waals surface area contributed by atoms with E-state index in [4.69, 9.17) is 0 Å². The smallest absolute Gasteiger partial charge is 0.150 e. The van der Waals surface area contributed by atoms with Gasteiger partial charge in [-0.15, -0.1) is 0 Å². The van der Waals surface area contributed by atoms with Crippen molar-refractivity contribution in [3.05, 3.63) is 12.2 Å². The molecule has 0 aliphatic rings. The summed E-state index contributed by atoms with van der Waals surface area (Å²) < 4.78 is 1.79. The van der Waals surface area contributed by atoms with Crippen molar-refractivity contribution >= 4 is 17.5 Å². The molecule has 0 N–H and O–H groups in total. The molecule has 1 aromatic heterocycles. The van der Waals surface area contributed by atoms with Crippen LogP contribution in [0.2, 0.25) is 0 Å². The Morgan fingerprint density at radius 3 is 2.93 bits per heavy atom. The average Bonchev–Trinajstić information content (AvgIpc) is 2.52. The number of thioether (sulfide) groups is 1. The van der Waals surface area contributed by atoms with Gasteiger partial charge in [0.2, 0.25) is 0 Å². The number of rotatable bonds is 5. The van der Waals surface area contributed by atoms with Gasteiger partial charge >= 0.3 is 0 Å². The zero-order valence-corrected chi connectivity index (χ0v) is 9.54. The Balaban J connectivity index is 2.66. The lowest BCUT2D eigenvalue weighted by atomic mass is 10.3. The van der Waals surface area contributed by atoms with Gasteiger partial charge in [0.05, 0.1) is 12.2 Å². The van der Waals surface area contributed by atoms with Gasteiger partial charge in [-0.3, -0.25) is 4.79 Å². The van der Waals surface area contributed by atoms with Crippen LogP contribution in [0, 0.1) is 0 Å². The molecule has 0 unspecified atom stereocenters. The monoisotopic (exact) mass is 213 g/mol. The Bertz CT molecular complexity index is 309. The molecule has 0 radical (unpaired) electrons. The van der Waals surface area contributed by atoms with Crippen LogP contribution >= 0.6 is 11.8 Å². The van der Waals surface area contributed by atoms with Crippen molar-refractivity contribution in [3.8, 4) is 0 Å². The number of hydrogen-bond donors (Lipinski definition) is 0. The first kappa shape index (κ1) is 11.2. The van der Waals surface area contributed by atoms with Crippen LogP contribution in [0.5, 0.6) is 0 Å². The molecule has 0 fully saturated rings. The maximum Gasteiger partial charge on any atom is 0.150 e. The highest BCUT2D eigenvalue weighted by Crippen LogP contribution is 2.07. The van der Waals surface area contributed by atoms with E-state index in [0.29, 0.717) is 12.2 Å². The number of nitrogens with zero attached hydrogens (tertiary/aromatic N) is 3. The van der Waals surface area contributed by atoms with E-state index in [1.165, 1.54) is 18.1 Å². The molecule has 14 heavy (non-hydrogen) atoms. The third-order valence-electron chi connectivity index (χ3n) is 1.80. The summed E-state index contributed by atoms with van der Waals surface area (Å²) in [4.78, 5) is 15.5. The normalized spacial score (nSPS) is 10.9. The van der Waals surface area contributed by atoms with E-state index in [2.05, 4.69) is 10.1 Å². The third kappa shape index (κ3) is 2.83. The Hall–Kier alpha value is -0.840. The number of hydrogen-bond acceptors (Lipinski definition) is 4. The summed E-state index contributed by atoms with van der Waals surface area (Å²) >= 11 is 1.54. The van der Waals surface area contributed by atoms with Gasteiger partial charge in [-0.05, 0) is 20.1 Å². The molecular weight excluding hydrogens is 198 g/mol. The van der Waals surface area contributed by atoms with Gasteiger partial charge in [-0.25, -0.2) is 9.67 Å². The predicted molar refractivity (Wildman–Crippen MR) is 57.5 cm³/mol. The maximum atomic E-state index is 11.4. The lowest BCUT2D eigenvalue weighted by Gasteiger charge is -2.08. The topological polar surface area (TPSA) is 47.8 Å². The largest absolute Gasteiger partial charge is 0.298 e. The summed E-state index contributed by atoms with van der Waals surface area (Å²) in [6, 6.07) is 0.259. The molecule has 0 aliphatic carbocycles. The molecule has 0 amide bonds. The fourth-order valence-corrected chi connectivity index (χ4v) is 1.64.